The molecule has 2 saturated heterocycles. The van der Waals surface area contributed by atoms with Crippen molar-refractivity contribution in [2.24, 2.45) is 11.8 Å². The Morgan fingerprint density at radius 3 is 2.48 bits per heavy atom. The van der Waals surface area contributed by atoms with Crippen LogP contribution in [0.3, 0.4) is 0 Å². The van der Waals surface area contributed by atoms with Gasteiger partial charge in [0, 0.05) is 36.8 Å². The van der Waals surface area contributed by atoms with Crippen molar-refractivity contribution in [3.63, 3.8) is 0 Å². The molecular formula is C18H25ClN2O3S. The second kappa shape index (κ2) is 7.25. The topological polar surface area (TPSA) is 57.7 Å². The molecule has 0 aliphatic carbocycles. The molecule has 138 valence electrons. The summed E-state index contributed by atoms with van der Waals surface area (Å²) in [6.07, 6.45) is 1.25. The third-order valence-electron chi connectivity index (χ3n) is 5.11. The first-order valence-corrected chi connectivity index (χ1v) is 10.7. The summed E-state index contributed by atoms with van der Waals surface area (Å²) in [6.45, 7) is 6.34. The minimum absolute atomic E-state index is 0.0481. The molecule has 1 aromatic carbocycles. The maximum atomic E-state index is 12.8. The second-order valence-corrected chi connectivity index (χ2v) is 10.0. The van der Waals surface area contributed by atoms with Crippen molar-refractivity contribution in [3.05, 3.63) is 34.9 Å². The van der Waals surface area contributed by atoms with Gasteiger partial charge in [0.15, 0.2) is 0 Å². The molecule has 7 heteroatoms. The molecule has 0 saturated carbocycles. The van der Waals surface area contributed by atoms with Gasteiger partial charge in [-0.3, -0.25) is 4.79 Å². The number of rotatable bonds is 3. The molecule has 25 heavy (non-hydrogen) atoms. The van der Waals surface area contributed by atoms with E-state index in [1.807, 2.05) is 13.8 Å². The van der Waals surface area contributed by atoms with Gasteiger partial charge in [-0.05, 0) is 48.9 Å². The Morgan fingerprint density at radius 2 is 1.84 bits per heavy atom. The van der Waals surface area contributed by atoms with Gasteiger partial charge >= 0.3 is 0 Å². The summed E-state index contributed by atoms with van der Waals surface area (Å²) in [5, 5.41) is 0.243. The predicted molar refractivity (Wildman–Crippen MR) is 99.2 cm³/mol. The average molecular weight is 385 g/mol. The standard InChI is InChI=1S/C18H25ClN2O3S/c1-13(2)11-21-12-15-7-9-20(10-8-17(15)25(21,23)24)18(22)14-3-5-16(19)6-4-14/h3-6,13,15,17H,7-12H2,1-2H3/t15-,17-/m0/s1. The van der Waals surface area contributed by atoms with Gasteiger partial charge in [-0.15, -0.1) is 0 Å². The number of sulfonamides is 1. The maximum Gasteiger partial charge on any atom is 0.253 e. The molecular weight excluding hydrogens is 360 g/mol. The molecule has 2 aliphatic rings. The number of halogens is 1. The summed E-state index contributed by atoms with van der Waals surface area (Å²) < 4.78 is 27.3. The largest absolute Gasteiger partial charge is 0.339 e. The molecule has 0 aromatic heterocycles. The summed E-state index contributed by atoms with van der Waals surface area (Å²) in [5.74, 6) is 0.389. The van der Waals surface area contributed by atoms with E-state index >= 15 is 0 Å². The molecule has 0 N–H and O–H groups in total. The molecule has 5 nitrogen and oxygen atoms in total. The van der Waals surface area contributed by atoms with Gasteiger partial charge in [-0.25, -0.2) is 12.7 Å². The second-order valence-electron chi connectivity index (χ2n) is 7.43. The highest BCUT2D eigenvalue weighted by Gasteiger charge is 2.47. The quantitative estimate of drug-likeness (QED) is 0.805. The zero-order valence-corrected chi connectivity index (χ0v) is 16.3. The summed E-state index contributed by atoms with van der Waals surface area (Å²) in [7, 11) is -3.25. The SMILES string of the molecule is CC(C)CN1C[C@@H]2CCN(C(=O)c3ccc(Cl)cc3)CC[C@@H]2S1(=O)=O. The highest BCUT2D eigenvalue weighted by atomic mass is 35.5. The van der Waals surface area contributed by atoms with Crippen LogP contribution in [0.2, 0.25) is 5.02 Å². The van der Waals surface area contributed by atoms with Crippen molar-refractivity contribution in [2.75, 3.05) is 26.2 Å². The van der Waals surface area contributed by atoms with Gasteiger partial charge < -0.3 is 4.90 Å². The third-order valence-corrected chi connectivity index (χ3v) is 7.76. The number of carbonyl (C=O) groups excluding carboxylic acids is 1. The molecule has 3 rings (SSSR count). The lowest BCUT2D eigenvalue weighted by atomic mass is 10.0. The molecule has 1 aromatic rings. The van der Waals surface area contributed by atoms with E-state index in [1.54, 1.807) is 33.5 Å². The summed E-state index contributed by atoms with van der Waals surface area (Å²) >= 11 is 5.88. The van der Waals surface area contributed by atoms with Crippen molar-refractivity contribution >= 4 is 27.5 Å². The van der Waals surface area contributed by atoms with Gasteiger partial charge in [0.2, 0.25) is 10.0 Å². The first kappa shape index (κ1) is 18.7. The van der Waals surface area contributed by atoms with Crippen molar-refractivity contribution in [3.8, 4) is 0 Å². The normalized spacial score (nSPS) is 26.5. The van der Waals surface area contributed by atoms with Gasteiger partial charge in [0.05, 0.1) is 5.25 Å². The Morgan fingerprint density at radius 1 is 1.20 bits per heavy atom. The molecule has 2 fully saturated rings. The lowest BCUT2D eigenvalue weighted by Crippen LogP contribution is -2.35. The van der Waals surface area contributed by atoms with Crippen LogP contribution < -0.4 is 0 Å². The van der Waals surface area contributed by atoms with Crippen LogP contribution in [-0.2, 0) is 10.0 Å². The number of carbonyl (C=O) groups is 1. The van der Waals surface area contributed by atoms with Gasteiger partial charge in [-0.2, -0.15) is 0 Å². The van der Waals surface area contributed by atoms with E-state index in [0.717, 1.165) is 6.42 Å². The minimum atomic E-state index is -3.25. The van der Waals surface area contributed by atoms with E-state index in [0.29, 0.717) is 49.1 Å². The molecule has 2 atom stereocenters. The van der Waals surface area contributed by atoms with Crippen LogP contribution in [0.25, 0.3) is 0 Å². The maximum absolute atomic E-state index is 12.8. The molecule has 2 heterocycles. The number of fused-ring (bicyclic) bond motifs is 1. The smallest absolute Gasteiger partial charge is 0.253 e. The van der Waals surface area contributed by atoms with E-state index in [-0.39, 0.29) is 17.1 Å². The number of nitrogens with zero attached hydrogens (tertiary/aromatic N) is 2. The van der Waals surface area contributed by atoms with Crippen LogP contribution in [0.5, 0.6) is 0 Å². The molecule has 0 spiro atoms. The fraction of sp³-hybridized carbons (Fsp3) is 0.611. The van der Waals surface area contributed by atoms with Crippen molar-refractivity contribution in [2.45, 2.75) is 31.9 Å². The number of amides is 1. The zero-order chi connectivity index (χ0) is 18.2. The van der Waals surface area contributed by atoms with Crippen molar-refractivity contribution in [1.29, 1.82) is 0 Å². The van der Waals surface area contributed by atoms with Gasteiger partial charge in [0.1, 0.15) is 0 Å². The predicted octanol–water partition coefficient (Wildman–Crippen LogP) is 2.86. The average Bonchev–Trinajstić information content (AvgIpc) is 2.70. The summed E-state index contributed by atoms with van der Waals surface area (Å²) in [4.78, 5) is 14.5. The van der Waals surface area contributed by atoms with Crippen LogP contribution in [-0.4, -0.2) is 55.0 Å². The summed E-state index contributed by atoms with van der Waals surface area (Å²) in [5.41, 5.74) is 0.598. The lowest BCUT2D eigenvalue weighted by Gasteiger charge is -2.23. The number of hydrogen-bond donors (Lipinski definition) is 0. The minimum Gasteiger partial charge on any atom is -0.339 e. The van der Waals surface area contributed by atoms with E-state index in [2.05, 4.69) is 0 Å². The first-order chi connectivity index (χ1) is 11.8. The highest BCUT2D eigenvalue weighted by Crippen LogP contribution is 2.35. The van der Waals surface area contributed by atoms with E-state index in [9.17, 15) is 13.2 Å². The van der Waals surface area contributed by atoms with Crippen molar-refractivity contribution < 1.29 is 13.2 Å². The first-order valence-electron chi connectivity index (χ1n) is 8.83. The molecule has 0 bridgehead atoms. The third kappa shape index (κ3) is 3.86. The fourth-order valence-electron chi connectivity index (χ4n) is 3.86. The lowest BCUT2D eigenvalue weighted by molar-refractivity contribution is 0.0759. The van der Waals surface area contributed by atoms with Crippen LogP contribution in [0.4, 0.5) is 0 Å². The van der Waals surface area contributed by atoms with Gasteiger partial charge in [-0.1, -0.05) is 25.4 Å². The van der Waals surface area contributed by atoms with E-state index in [4.69, 9.17) is 11.6 Å². The highest BCUT2D eigenvalue weighted by molar-refractivity contribution is 7.90. The molecule has 1 amide bonds. The van der Waals surface area contributed by atoms with E-state index in [1.165, 1.54) is 0 Å². The Balaban J connectivity index is 1.71. The Kier molecular flexibility index (Phi) is 5.42. The molecule has 0 unspecified atom stereocenters. The van der Waals surface area contributed by atoms with Crippen molar-refractivity contribution in [1.82, 2.24) is 9.21 Å². The van der Waals surface area contributed by atoms with Crippen LogP contribution >= 0.6 is 11.6 Å². The van der Waals surface area contributed by atoms with Gasteiger partial charge in [0.25, 0.3) is 5.91 Å². The van der Waals surface area contributed by atoms with Crippen LogP contribution in [0.1, 0.15) is 37.0 Å². The van der Waals surface area contributed by atoms with Crippen LogP contribution in [0, 0.1) is 11.8 Å². The Hall–Kier alpha value is -1.11. The zero-order valence-electron chi connectivity index (χ0n) is 14.7. The number of likely N-dealkylation sites (tertiary alicyclic amines) is 1. The Bertz CT molecular complexity index is 733. The fourth-order valence-corrected chi connectivity index (χ4v) is 6.39. The molecule has 0 radical (unpaired) electrons. The monoisotopic (exact) mass is 384 g/mol. The number of hydrogen-bond acceptors (Lipinski definition) is 3. The Labute approximate surface area is 155 Å². The van der Waals surface area contributed by atoms with Crippen LogP contribution in [0.15, 0.2) is 24.3 Å². The summed E-state index contributed by atoms with van der Waals surface area (Å²) in [6, 6.07) is 6.85. The number of benzene rings is 1. The molecule has 2 aliphatic heterocycles. The van der Waals surface area contributed by atoms with E-state index < -0.39 is 10.0 Å².